The van der Waals surface area contributed by atoms with Crippen molar-refractivity contribution in [2.75, 3.05) is 18.4 Å². The molecule has 0 atom stereocenters. The van der Waals surface area contributed by atoms with Crippen molar-refractivity contribution in [1.29, 1.82) is 0 Å². The van der Waals surface area contributed by atoms with Crippen LogP contribution in [0.2, 0.25) is 0 Å². The van der Waals surface area contributed by atoms with Crippen molar-refractivity contribution in [1.82, 2.24) is 10.3 Å². The first-order valence-corrected chi connectivity index (χ1v) is 5.93. The van der Waals surface area contributed by atoms with Crippen LogP contribution in [0.25, 0.3) is 0 Å². The van der Waals surface area contributed by atoms with E-state index >= 15 is 0 Å². The minimum Gasteiger partial charge on any atom is -0.346 e. The van der Waals surface area contributed by atoms with Gasteiger partial charge in [-0.1, -0.05) is 6.07 Å². The molecule has 0 unspecified atom stereocenters. The van der Waals surface area contributed by atoms with E-state index in [1.165, 1.54) is 24.0 Å². The molecule has 1 fully saturated rings. The molecule has 2 aliphatic rings. The quantitative estimate of drug-likeness (QED) is 0.695. The lowest BCUT2D eigenvalue weighted by molar-refractivity contribution is 0.353. The molecule has 2 aliphatic heterocycles. The zero-order valence-electron chi connectivity index (χ0n) is 9.59. The van der Waals surface area contributed by atoms with Crippen LogP contribution in [0.15, 0.2) is 30.1 Å². The van der Waals surface area contributed by atoms with Crippen molar-refractivity contribution in [3.05, 3.63) is 35.7 Å². The first-order valence-electron chi connectivity index (χ1n) is 5.93. The molecule has 1 aromatic heterocycles. The molecule has 1 aromatic rings. The maximum Gasteiger partial charge on any atom is 0.133 e. The minimum absolute atomic E-state index is 0.222. The Labute approximate surface area is 96.0 Å². The molecule has 2 N–H and O–H groups in total. The lowest BCUT2D eigenvalue weighted by Crippen LogP contribution is -2.42. The van der Waals surface area contributed by atoms with Crippen LogP contribution in [0, 0.1) is 0 Å². The number of hydrogen-bond acceptors (Lipinski definition) is 3. The monoisotopic (exact) mass is 215 g/mol. The molecule has 0 aliphatic carbocycles. The minimum atomic E-state index is 0.222. The SMILES string of the molecule is CC1=CNc2ncccc2C12CCNCC2. The molecule has 0 aromatic carbocycles. The highest BCUT2D eigenvalue weighted by Gasteiger charge is 2.39. The van der Waals surface area contributed by atoms with Gasteiger partial charge in [-0.15, -0.1) is 0 Å². The third kappa shape index (κ3) is 1.28. The molecule has 0 radical (unpaired) electrons. The second kappa shape index (κ2) is 3.59. The summed E-state index contributed by atoms with van der Waals surface area (Å²) in [6, 6.07) is 4.26. The lowest BCUT2D eigenvalue weighted by Gasteiger charge is -2.42. The van der Waals surface area contributed by atoms with Crippen LogP contribution in [0.4, 0.5) is 5.82 Å². The summed E-state index contributed by atoms with van der Waals surface area (Å²) in [4.78, 5) is 4.43. The van der Waals surface area contributed by atoms with Crippen molar-refractivity contribution in [3.8, 4) is 0 Å². The van der Waals surface area contributed by atoms with Crippen LogP contribution in [-0.4, -0.2) is 18.1 Å². The Morgan fingerprint density at radius 3 is 2.94 bits per heavy atom. The number of pyridine rings is 1. The van der Waals surface area contributed by atoms with Crippen molar-refractivity contribution >= 4 is 5.82 Å². The van der Waals surface area contributed by atoms with Crippen LogP contribution in [0.1, 0.15) is 25.3 Å². The topological polar surface area (TPSA) is 37.0 Å². The van der Waals surface area contributed by atoms with Gasteiger partial charge in [0.15, 0.2) is 0 Å². The molecule has 3 heteroatoms. The van der Waals surface area contributed by atoms with Gasteiger partial charge in [0, 0.05) is 23.4 Å². The number of fused-ring (bicyclic) bond motifs is 2. The molecule has 1 spiro atoms. The molecule has 3 nitrogen and oxygen atoms in total. The fraction of sp³-hybridized carbons (Fsp3) is 0.462. The van der Waals surface area contributed by atoms with Crippen molar-refractivity contribution < 1.29 is 0 Å². The van der Waals surface area contributed by atoms with Gasteiger partial charge in [-0.05, 0) is 44.5 Å². The van der Waals surface area contributed by atoms with E-state index < -0.39 is 0 Å². The van der Waals surface area contributed by atoms with Crippen LogP contribution in [-0.2, 0) is 5.41 Å². The second-order valence-electron chi connectivity index (χ2n) is 4.70. The van der Waals surface area contributed by atoms with E-state index in [0.717, 1.165) is 18.9 Å². The van der Waals surface area contributed by atoms with Gasteiger partial charge in [-0.3, -0.25) is 0 Å². The van der Waals surface area contributed by atoms with Crippen LogP contribution in [0.3, 0.4) is 0 Å². The van der Waals surface area contributed by atoms with Gasteiger partial charge in [0.1, 0.15) is 5.82 Å². The van der Waals surface area contributed by atoms with E-state index in [2.05, 4.69) is 34.8 Å². The maximum atomic E-state index is 4.43. The average Bonchev–Trinajstić information content (AvgIpc) is 2.36. The van der Waals surface area contributed by atoms with E-state index in [9.17, 15) is 0 Å². The van der Waals surface area contributed by atoms with Crippen molar-refractivity contribution in [2.24, 2.45) is 0 Å². The third-order valence-electron chi connectivity index (χ3n) is 3.96. The van der Waals surface area contributed by atoms with Crippen LogP contribution >= 0.6 is 0 Å². The summed E-state index contributed by atoms with van der Waals surface area (Å²) in [5.74, 6) is 1.04. The van der Waals surface area contributed by atoms with E-state index in [1.54, 1.807) is 0 Å². The van der Waals surface area contributed by atoms with Gasteiger partial charge in [0.25, 0.3) is 0 Å². The standard InChI is InChI=1S/C13H17N3/c1-10-9-16-12-11(3-2-6-15-12)13(10)4-7-14-8-5-13/h2-3,6,9,14H,4-5,7-8H2,1H3,(H,15,16). The Balaban J connectivity index is 2.13. The number of allylic oxidation sites excluding steroid dienone is 1. The normalized spacial score (nSPS) is 22.2. The number of hydrogen-bond donors (Lipinski definition) is 2. The summed E-state index contributed by atoms with van der Waals surface area (Å²) in [7, 11) is 0. The molecule has 0 bridgehead atoms. The van der Waals surface area contributed by atoms with Gasteiger partial charge in [-0.25, -0.2) is 4.98 Å². The van der Waals surface area contributed by atoms with Gasteiger partial charge in [-0.2, -0.15) is 0 Å². The average molecular weight is 215 g/mol. The second-order valence-corrected chi connectivity index (χ2v) is 4.70. The van der Waals surface area contributed by atoms with Gasteiger partial charge in [0.2, 0.25) is 0 Å². The highest BCUT2D eigenvalue weighted by atomic mass is 15.0. The fourth-order valence-electron chi connectivity index (χ4n) is 2.95. The zero-order valence-corrected chi connectivity index (χ0v) is 9.59. The Morgan fingerprint density at radius 2 is 2.12 bits per heavy atom. The highest BCUT2D eigenvalue weighted by Crippen LogP contribution is 2.44. The van der Waals surface area contributed by atoms with Gasteiger partial charge in [0.05, 0.1) is 0 Å². The Bertz CT molecular complexity index is 431. The largest absolute Gasteiger partial charge is 0.346 e. The molecule has 1 saturated heterocycles. The fourth-order valence-corrected chi connectivity index (χ4v) is 2.95. The summed E-state index contributed by atoms with van der Waals surface area (Å²) >= 11 is 0. The Kier molecular flexibility index (Phi) is 2.21. The summed E-state index contributed by atoms with van der Waals surface area (Å²) in [6.45, 7) is 4.42. The van der Waals surface area contributed by atoms with Crippen molar-refractivity contribution in [3.63, 3.8) is 0 Å². The number of piperidine rings is 1. The summed E-state index contributed by atoms with van der Waals surface area (Å²) in [5, 5.41) is 6.73. The Morgan fingerprint density at radius 1 is 1.31 bits per heavy atom. The molecule has 0 amide bonds. The van der Waals surface area contributed by atoms with Crippen LogP contribution in [0.5, 0.6) is 0 Å². The van der Waals surface area contributed by atoms with Gasteiger partial charge >= 0.3 is 0 Å². The smallest absolute Gasteiger partial charge is 0.133 e. The van der Waals surface area contributed by atoms with E-state index in [1.807, 2.05) is 12.3 Å². The first kappa shape index (κ1) is 9.85. The molecular formula is C13H17N3. The third-order valence-corrected chi connectivity index (χ3v) is 3.96. The first-order chi connectivity index (χ1) is 7.83. The van der Waals surface area contributed by atoms with Crippen molar-refractivity contribution in [2.45, 2.75) is 25.2 Å². The molecule has 0 saturated carbocycles. The Hall–Kier alpha value is -1.35. The molecule has 3 rings (SSSR count). The molecule has 3 heterocycles. The van der Waals surface area contributed by atoms with Crippen LogP contribution < -0.4 is 10.6 Å². The summed E-state index contributed by atoms with van der Waals surface area (Å²) in [5.41, 5.74) is 3.03. The van der Waals surface area contributed by atoms with Gasteiger partial charge < -0.3 is 10.6 Å². The van der Waals surface area contributed by atoms with E-state index in [0.29, 0.717) is 0 Å². The molecule has 16 heavy (non-hydrogen) atoms. The summed E-state index contributed by atoms with van der Waals surface area (Å²) < 4.78 is 0. The lowest BCUT2D eigenvalue weighted by atomic mass is 9.67. The van der Waals surface area contributed by atoms with E-state index in [4.69, 9.17) is 0 Å². The number of rotatable bonds is 0. The predicted octanol–water partition coefficient (Wildman–Crippen LogP) is 2.03. The number of anilines is 1. The summed E-state index contributed by atoms with van der Waals surface area (Å²) in [6.07, 6.45) is 6.33. The number of nitrogens with zero attached hydrogens (tertiary/aromatic N) is 1. The number of aromatic nitrogens is 1. The zero-order chi connectivity index (χ0) is 11.0. The van der Waals surface area contributed by atoms with E-state index in [-0.39, 0.29) is 5.41 Å². The maximum absolute atomic E-state index is 4.43. The number of nitrogens with one attached hydrogen (secondary N) is 2. The highest BCUT2D eigenvalue weighted by molar-refractivity contribution is 5.58. The predicted molar refractivity (Wildman–Crippen MR) is 65.4 cm³/mol. The molecule has 84 valence electrons. The molecular weight excluding hydrogens is 198 g/mol.